The van der Waals surface area contributed by atoms with Crippen molar-refractivity contribution >= 4 is 29.1 Å². The Hall–Kier alpha value is -3.45. The lowest BCUT2D eigenvalue weighted by atomic mass is 10.1. The fourth-order valence-corrected chi connectivity index (χ4v) is 3.19. The summed E-state index contributed by atoms with van der Waals surface area (Å²) in [4.78, 5) is 37.7. The second kappa shape index (κ2) is 9.48. The normalized spacial score (nSPS) is 11.3. The van der Waals surface area contributed by atoms with Gasteiger partial charge in [-0.05, 0) is 29.1 Å². The zero-order valence-corrected chi connectivity index (χ0v) is 15.7. The van der Waals surface area contributed by atoms with Gasteiger partial charge in [0.1, 0.15) is 6.04 Å². The molecule has 0 spiro atoms. The van der Waals surface area contributed by atoms with Gasteiger partial charge in [-0.1, -0.05) is 54.6 Å². The van der Waals surface area contributed by atoms with Crippen molar-refractivity contribution in [2.45, 2.75) is 12.5 Å². The van der Waals surface area contributed by atoms with Crippen LogP contribution in [0.15, 0.2) is 78.2 Å². The highest BCUT2D eigenvalue weighted by atomic mass is 32.1. The maximum absolute atomic E-state index is 12.7. The molecule has 0 radical (unpaired) electrons. The lowest BCUT2D eigenvalue weighted by molar-refractivity contribution is -0.123. The van der Waals surface area contributed by atoms with Crippen LogP contribution in [0.5, 0.6) is 0 Å². The molecule has 7 heteroatoms. The van der Waals surface area contributed by atoms with Gasteiger partial charge in [0, 0.05) is 12.0 Å². The Morgan fingerprint density at radius 3 is 2.11 bits per heavy atom. The molecule has 2 aromatic carbocycles. The molecule has 0 aliphatic carbocycles. The average molecular weight is 393 g/mol. The van der Waals surface area contributed by atoms with E-state index in [0.717, 1.165) is 5.56 Å². The van der Waals surface area contributed by atoms with Crippen LogP contribution >= 0.6 is 11.3 Å². The fourth-order valence-electron chi connectivity index (χ4n) is 2.56. The maximum atomic E-state index is 12.7. The van der Waals surface area contributed by atoms with E-state index in [4.69, 9.17) is 0 Å². The smallest absolute Gasteiger partial charge is 0.269 e. The molecule has 1 aromatic heterocycles. The first kappa shape index (κ1) is 19.3. The predicted octanol–water partition coefficient (Wildman–Crippen LogP) is 2.55. The van der Waals surface area contributed by atoms with Crippen LogP contribution in [0.4, 0.5) is 0 Å². The van der Waals surface area contributed by atoms with Gasteiger partial charge in [0.05, 0.1) is 4.88 Å². The van der Waals surface area contributed by atoms with Crippen molar-refractivity contribution in [1.82, 2.24) is 16.2 Å². The number of nitrogens with one attached hydrogen (secondary N) is 3. The molecule has 0 saturated carbocycles. The zero-order valence-electron chi connectivity index (χ0n) is 14.9. The number of benzene rings is 2. The van der Waals surface area contributed by atoms with Crippen molar-refractivity contribution in [2.75, 3.05) is 0 Å². The van der Waals surface area contributed by atoms with Crippen molar-refractivity contribution in [3.63, 3.8) is 0 Å². The minimum absolute atomic E-state index is 0.297. The Labute approximate surface area is 166 Å². The lowest BCUT2D eigenvalue weighted by Gasteiger charge is -2.18. The number of hydrogen-bond donors (Lipinski definition) is 3. The number of carbonyl (C=O) groups is 3. The Balaban J connectivity index is 1.67. The van der Waals surface area contributed by atoms with Crippen LogP contribution in [-0.2, 0) is 11.2 Å². The van der Waals surface area contributed by atoms with Crippen molar-refractivity contribution in [1.29, 1.82) is 0 Å². The molecule has 0 saturated heterocycles. The molecular weight excluding hydrogens is 374 g/mol. The molecule has 0 aliphatic rings. The number of amides is 3. The van der Waals surface area contributed by atoms with Gasteiger partial charge in [-0.3, -0.25) is 25.2 Å². The predicted molar refractivity (Wildman–Crippen MR) is 108 cm³/mol. The second-order valence-corrected chi connectivity index (χ2v) is 6.95. The molecule has 142 valence electrons. The number of rotatable bonds is 6. The molecule has 1 atom stereocenters. The van der Waals surface area contributed by atoms with Crippen LogP contribution < -0.4 is 16.2 Å². The summed E-state index contributed by atoms with van der Waals surface area (Å²) in [6, 6.07) is 20.5. The van der Waals surface area contributed by atoms with E-state index in [2.05, 4.69) is 16.2 Å². The molecular formula is C21H19N3O3S. The van der Waals surface area contributed by atoms with Crippen LogP contribution in [0, 0.1) is 0 Å². The third kappa shape index (κ3) is 5.28. The second-order valence-electron chi connectivity index (χ2n) is 6.00. The SMILES string of the molecule is O=C(NNC(=O)[C@H](Cc1ccccc1)NC(=O)c1cccs1)c1ccccc1. The first-order chi connectivity index (χ1) is 13.6. The largest absolute Gasteiger partial charge is 0.339 e. The first-order valence-electron chi connectivity index (χ1n) is 8.67. The minimum atomic E-state index is -0.840. The van der Waals surface area contributed by atoms with Crippen molar-refractivity contribution < 1.29 is 14.4 Å². The maximum Gasteiger partial charge on any atom is 0.269 e. The van der Waals surface area contributed by atoms with Gasteiger partial charge < -0.3 is 5.32 Å². The Morgan fingerprint density at radius 2 is 1.46 bits per heavy atom. The highest BCUT2D eigenvalue weighted by Crippen LogP contribution is 2.10. The van der Waals surface area contributed by atoms with Gasteiger partial charge in [-0.2, -0.15) is 0 Å². The molecule has 0 fully saturated rings. The van der Waals surface area contributed by atoms with E-state index in [1.54, 1.807) is 47.8 Å². The van der Waals surface area contributed by atoms with E-state index in [1.165, 1.54) is 11.3 Å². The minimum Gasteiger partial charge on any atom is -0.339 e. The fraction of sp³-hybridized carbons (Fsp3) is 0.0952. The summed E-state index contributed by atoms with van der Waals surface area (Å²) in [5.41, 5.74) is 6.10. The standard InChI is InChI=1S/C21H19N3O3S/c25-19(16-10-5-2-6-11-16)23-24-20(26)17(14-15-8-3-1-4-9-15)22-21(27)18-12-7-13-28-18/h1-13,17H,14H2,(H,22,27)(H,23,25)(H,24,26)/t17-/m0/s1. The summed E-state index contributed by atoms with van der Waals surface area (Å²) in [6.07, 6.45) is 0.297. The van der Waals surface area contributed by atoms with Crippen molar-refractivity contribution in [3.05, 3.63) is 94.2 Å². The van der Waals surface area contributed by atoms with E-state index in [9.17, 15) is 14.4 Å². The monoisotopic (exact) mass is 393 g/mol. The highest BCUT2D eigenvalue weighted by Gasteiger charge is 2.23. The molecule has 3 aromatic rings. The summed E-state index contributed by atoms with van der Waals surface area (Å²) >= 11 is 1.29. The summed E-state index contributed by atoms with van der Waals surface area (Å²) in [7, 11) is 0. The molecule has 3 N–H and O–H groups in total. The van der Waals surface area contributed by atoms with Crippen molar-refractivity contribution in [2.24, 2.45) is 0 Å². The van der Waals surface area contributed by atoms with Gasteiger partial charge in [0.15, 0.2) is 0 Å². The number of carbonyl (C=O) groups excluding carboxylic acids is 3. The van der Waals surface area contributed by atoms with Crippen LogP contribution in [0.3, 0.4) is 0 Å². The Morgan fingerprint density at radius 1 is 0.786 bits per heavy atom. The van der Waals surface area contributed by atoms with Gasteiger partial charge in [-0.25, -0.2) is 0 Å². The number of hydrogen-bond acceptors (Lipinski definition) is 4. The quantitative estimate of drug-likeness (QED) is 0.563. The molecule has 28 heavy (non-hydrogen) atoms. The van der Waals surface area contributed by atoms with Gasteiger partial charge in [0.2, 0.25) is 0 Å². The first-order valence-corrected chi connectivity index (χ1v) is 9.55. The number of hydrazine groups is 1. The van der Waals surface area contributed by atoms with Crippen LogP contribution in [-0.4, -0.2) is 23.8 Å². The lowest BCUT2D eigenvalue weighted by Crippen LogP contribution is -2.53. The van der Waals surface area contributed by atoms with Gasteiger partial charge in [-0.15, -0.1) is 11.3 Å². The van der Waals surface area contributed by atoms with Crippen LogP contribution in [0.2, 0.25) is 0 Å². The van der Waals surface area contributed by atoms with Gasteiger partial charge >= 0.3 is 0 Å². The highest BCUT2D eigenvalue weighted by molar-refractivity contribution is 7.12. The summed E-state index contributed by atoms with van der Waals surface area (Å²) in [5, 5.41) is 4.53. The van der Waals surface area contributed by atoms with E-state index in [0.29, 0.717) is 16.9 Å². The molecule has 0 aliphatic heterocycles. The van der Waals surface area contributed by atoms with E-state index < -0.39 is 17.9 Å². The van der Waals surface area contributed by atoms with E-state index >= 15 is 0 Å². The Kier molecular flexibility index (Phi) is 6.54. The number of thiophene rings is 1. The summed E-state index contributed by atoms with van der Waals surface area (Å²) in [6.45, 7) is 0. The van der Waals surface area contributed by atoms with Crippen LogP contribution in [0.1, 0.15) is 25.6 Å². The van der Waals surface area contributed by atoms with E-state index in [-0.39, 0.29) is 5.91 Å². The molecule has 0 unspecified atom stereocenters. The Bertz CT molecular complexity index is 928. The third-order valence-electron chi connectivity index (χ3n) is 3.98. The molecule has 6 nitrogen and oxygen atoms in total. The van der Waals surface area contributed by atoms with Crippen LogP contribution in [0.25, 0.3) is 0 Å². The molecule has 1 heterocycles. The average Bonchev–Trinajstić information content (AvgIpc) is 3.28. The van der Waals surface area contributed by atoms with E-state index in [1.807, 2.05) is 30.3 Å². The summed E-state index contributed by atoms with van der Waals surface area (Å²) < 4.78 is 0. The molecule has 3 amide bonds. The van der Waals surface area contributed by atoms with Gasteiger partial charge in [0.25, 0.3) is 17.7 Å². The van der Waals surface area contributed by atoms with Crippen molar-refractivity contribution in [3.8, 4) is 0 Å². The molecule has 3 rings (SSSR count). The third-order valence-corrected chi connectivity index (χ3v) is 4.85. The zero-order chi connectivity index (χ0) is 19.8. The summed E-state index contributed by atoms with van der Waals surface area (Å²) in [5.74, 6) is -1.27. The topological polar surface area (TPSA) is 87.3 Å². The molecule has 0 bridgehead atoms.